The van der Waals surface area contributed by atoms with Gasteiger partial charge in [-0.15, -0.1) is 0 Å². The van der Waals surface area contributed by atoms with E-state index in [9.17, 15) is 9.90 Å². The minimum atomic E-state index is -0.833. The van der Waals surface area contributed by atoms with Crippen LogP contribution in [0.25, 0.3) is 33.1 Å². The lowest BCUT2D eigenvalue weighted by molar-refractivity contribution is -0.137. The van der Waals surface area contributed by atoms with Crippen LogP contribution >= 0.6 is 0 Å². The van der Waals surface area contributed by atoms with Gasteiger partial charge in [0.25, 0.3) is 0 Å². The zero-order valence-corrected chi connectivity index (χ0v) is 19.6. The first-order valence-electron chi connectivity index (χ1n) is 11.9. The van der Waals surface area contributed by atoms with Crippen LogP contribution in [0.4, 0.5) is 0 Å². The zero-order valence-electron chi connectivity index (χ0n) is 19.6. The monoisotopic (exact) mass is 479 g/mol. The largest absolute Gasteiger partial charge is 0.481 e. The maximum atomic E-state index is 11.3. The van der Waals surface area contributed by atoms with Crippen molar-refractivity contribution in [3.05, 3.63) is 90.3 Å². The van der Waals surface area contributed by atoms with Crippen molar-refractivity contribution in [1.29, 1.82) is 0 Å². The Morgan fingerprint density at radius 1 is 0.750 bits per heavy atom. The third-order valence-electron chi connectivity index (χ3n) is 6.27. The number of carboxylic acid groups (broad SMARTS) is 1. The van der Waals surface area contributed by atoms with Crippen LogP contribution in [-0.2, 0) is 31.0 Å². The maximum absolute atomic E-state index is 11.3. The summed E-state index contributed by atoms with van der Waals surface area (Å²) in [6.07, 6.45) is 0.0283. The minimum absolute atomic E-state index is 0.0283. The highest BCUT2D eigenvalue weighted by Crippen LogP contribution is 2.21. The van der Waals surface area contributed by atoms with Gasteiger partial charge in [0.2, 0.25) is 0 Å². The Kier molecular flexibility index (Phi) is 5.67. The van der Waals surface area contributed by atoms with Crippen molar-refractivity contribution in [2.45, 2.75) is 32.6 Å². The Hall–Kier alpha value is -4.50. The number of aliphatic carboxylic acids is 1. The SMILES string of the molecule is O=C(O)CCn1c(CN(Cc2nc3ccccc3[nH]2)Cc2nc3ccccc3[nH]2)nc2ccccc21. The molecule has 0 aliphatic heterocycles. The van der Waals surface area contributed by atoms with Crippen LogP contribution in [0.15, 0.2) is 72.8 Å². The van der Waals surface area contributed by atoms with Crippen molar-refractivity contribution in [3.8, 4) is 0 Å². The predicted molar refractivity (Wildman–Crippen MR) is 137 cm³/mol. The third kappa shape index (κ3) is 4.44. The summed E-state index contributed by atoms with van der Waals surface area (Å²) in [5.74, 6) is 1.67. The number of hydrogen-bond donors (Lipinski definition) is 3. The van der Waals surface area contributed by atoms with E-state index in [0.717, 1.165) is 50.6 Å². The third-order valence-corrected chi connectivity index (χ3v) is 6.27. The van der Waals surface area contributed by atoms with Gasteiger partial charge in [-0.1, -0.05) is 36.4 Å². The molecular weight excluding hydrogens is 454 g/mol. The molecule has 0 aliphatic rings. The minimum Gasteiger partial charge on any atom is -0.481 e. The fourth-order valence-corrected chi connectivity index (χ4v) is 4.66. The molecular formula is C27H25N7O2. The van der Waals surface area contributed by atoms with E-state index in [4.69, 9.17) is 15.0 Å². The summed E-state index contributed by atoms with van der Waals surface area (Å²) in [6.45, 7) is 1.96. The van der Waals surface area contributed by atoms with Crippen molar-refractivity contribution in [3.63, 3.8) is 0 Å². The van der Waals surface area contributed by atoms with Gasteiger partial charge in [-0.05, 0) is 36.4 Å². The number of para-hydroxylation sites is 6. The Bertz CT molecular complexity index is 1540. The van der Waals surface area contributed by atoms with E-state index in [1.54, 1.807) is 0 Å². The molecule has 9 nitrogen and oxygen atoms in total. The number of rotatable bonds is 9. The molecule has 0 fully saturated rings. The van der Waals surface area contributed by atoms with E-state index in [1.807, 2.05) is 77.4 Å². The average molecular weight is 480 g/mol. The number of aromatic amines is 2. The number of nitrogens with one attached hydrogen (secondary N) is 2. The summed E-state index contributed by atoms with van der Waals surface area (Å²) in [7, 11) is 0. The number of imidazole rings is 3. The van der Waals surface area contributed by atoms with Crippen LogP contribution in [0, 0.1) is 0 Å². The zero-order chi connectivity index (χ0) is 24.5. The number of hydrogen-bond acceptors (Lipinski definition) is 5. The summed E-state index contributed by atoms with van der Waals surface area (Å²) in [6, 6.07) is 23.8. The van der Waals surface area contributed by atoms with E-state index >= 15 is 0 Å². The number of carboxylic acids is 1. The van der Waals surface area contributed by atoms with Crippen molar-refractivity contribution in [2.75, 3.05) is 0 Å². The molecule has 0 spiro atoms. The van der Waals surface area contributed by atoms with Gasteiger partial charge in [0.1, 0.15) is 17.5 Å². The summed E-state index contributed by atoms with van der Waals surface area (Å²) in [4.78, 5) is 34.8. The summed E-state index contributed by atoms with van der Waals surface area (Å²) < 4.78 is 2.01. The van der Waals surface area contributed by atoms with E-state index in [-0.39, 0.29) is 6.42 Å². The molecule has 0 aliphatic carbocycles. The molecule has 180 valence electrons. The lowest BCUT2D eigenvalue weighted by atomic mass is 10.3. The fraction of sp³-hybridized carbons (Fsp3) is 0.185. The van der Waals surface area contributed by atoms with Crippen LogP contribution < -0.4 is 0 Å². The van der Waals surface area contributed by atoms with E-state index in [1.165, 1.54) is 0 Å². The summed E-state index contributed by atoms with van der Waals surface area (Å²) in [5, 5.41) is 9.32. The molecule has 6 rings (SSSR count). The topological polar surface area (TPSA) is 116 Å². The van der Waals surface area contributed by atoms with Gasteiger partial charge in [0.05, 0.1) is 59.2 Å². The van der Waals surface area contributed by atoms with Crippen LogP contribution in [0.3, 0.4) is 0 Å². The quantitative estimate of drug-likeness (QED) is 0.282. The Morgan fingerprint density at radius 3 is 1.89 bits per heavy atom. The lowest BCUT2D eigenvalue weighted by Crippen LogP contribution is -2.26. The molecule has 0 radical (unpaired) electrons. The second-order valence-corrected chi connectivity index (χ2v) is 8.86. The standard InChI is InChI=1S/C27H25N7O2/c35-27(36)13-14-34-23-12-6-5-11-22(23)32-26(34)17-33(15-24-28-18-7-1-2-8-19(18)29-24)16-25-30-20-9-3-4-10-21(20)31-25/h1-12H,13-17H2,(H,28,29)(H,30,31)(H,35,36). The van der Waals surface area contributed by atoms with Gasteiger partial charge in [-0.2, -0.15) is 0 Å². The maximum Gasteiger partial charge on any atom is 0.305 e. The normalized spacial score (nSPS) is 11.8. The van der Waals surface area contributed by atoms with Crippen LogP contribution in [0.5, 0.6) is 0 Å². The van der Waals surface area contributed by atoms with E-state index < -0.39 is 5.97 Å². The first-order valence-corrected chi connectivity index (χ1v) is 11.9. The molecule has 0 saturated heterocycles. The number of nitrogens with zero attached hydrogens (tertiary/aromatic N) is 5. The second kappa shape index (κ2) is 9.27. The smallest absolute Gasteiger partial charge is 0.305 e. The second-order valence-electron chi connectivity index (χ2n) is 8.86. The van der Waals surface area contributed by atoms with Gasteiger partial charge in [0.15, 0.2) is 0 Å². The van der Waals surface area contributed by atoms with Crippen molar-refractivity contribution in [1.82, 2.24) is 34.4 Å². The summed E-state index contributed by atoms with van der Waals surface area (Å²) in [5.41, 5.74) is 5.61. The lowest BCUT2D eigenvalue weighted by Gasteiger charge is -2.20. The van der Waals surface area contributed by atoms with Crippen molar-refractivity contribution < 1.29 is 9.90 Å². The number of H-pyrrole nitrogens is 2. The number of aromatic nitrogens is 6. The highest BCUT2D eigenvalue weighted by atomic mass is 16.4. The number of carbonyl (C=O) groups is 1. The first kappa shape index (κ1) is 22.0. The molecule has 0 atom stereocenters. The molecule has 3 aromatic carbocycles. The Morgan fingerprint density at radius 2 is 1.31 bits per heavy atom. The number of benzene rings is 3. The molecule has 3 heterocycles. The molecule has 36 heavy (non-hydrogen) atoms. The number of fused-ring (bicyclic) bond motifs is 3. The summed E-state index contributed by atoms with van der Waals surface area (Å²) >= 11 is 0. The van der Waals surface area contributed by atoms with Gasteiger partial charge in [0, 0.05) is 6.54 Å². The average Bonchev–Trinajstić information content (AvgIpc) is 3.56. The molecule has 0 bridgehead atoms. The highest BCUT2D eigenvalue weighted by Gasteiger charge is 2.18. The Labute approximate surface area is 206 Å². The Balaban J connectivity index is 1.35. The van der Waals surface area contributed by atoms with Crippen molar-refractivity contribution in [2.24, 2.45) is 0 Å². The number of aryl methyl sites for hydroxylation is 1. The first-order chi connectivity index (χ1) is 17.6. The molecule has 3 aromatic heterocycles. The molecule has 0 saturated carbocycles. The predicted octanol–water partition coefficient (Wildman–Crippen LogP) is 4.47. The van der Waals surface area contributed by atoms with Crippen LogP contribution in [0.2, 0.25) is 0 Å². The van der Waals surface area contributed by atoms with Gasteiger partial charge >= 0.3 is 5.97 Å². The van der Waals surface area contributed by atoms with E-state index in [2.05, 4.69) is 14.9 Å². The highest BCUT2D eigenvalue weighted by molar-refractivity contribution is 5.77. The van der Waals surface area contributed by atoms with E-state index in [0.29, 0.717) is 26.2 Å². The molecule has 9 heteroatoms. The molecule has 3 N–H and O–H groups in total. The fourth-order valence-electron chi connectivity index (χ4n) is 4.66. The van der Waals surface area contributed by atoms with Gasteiger partial charge in [-0.25, -0.2) is 15.0 Å². The molecule has 0 amide bonds. The van der Waals surface area contributed by atoms with Crippen LogP contribution in [-0.4, -0.2) is 45.5 Å². The van der Waals surface area contributed by atoms with Gasteiger partial charge < -0.3 is 19.6 Å². The van der Waals surface area contributed by atoms with Crippen molar-refractivity contribution >= 4 is 39.1 Å². The van der Waals surface area contributed by atoms with Crippen LogP contribution in [0.1, 0.15) is 23.9 Å². The van der Waals surface area contributed by atoms with Gasteiger partial charge in [-0.3, -0.25) is 9.69 Å². The molecule has 6 aromatic rings. The molecule has 0 unspecified atom stereocenters.